The number of ether oxygens (including phenoxy) is 1. The van der Waals surface area contributed by atoms with Crippen LogP contribution >= 0.6 is 0 Å². The third-order valence-corrected chi connectivity index (χ3v) is 7.20. The van der Waals surface area contributed by atoms with Gasteiger partial charge in [-0.05, 0) is 55.5 Å². The average molecular weight is 521 g/mol. The lowest BCUT2D eigenvalue weighted by Crippen LogP contribution is -2.38. The van der Waals surface area contributed by atoms with Crippen LogP contribution in [0.4, 0.5) is 11.5 Å². The van der Waals surface area contributed by atoms with Crippen LogP contribution in [0.1, 0.15) is 52.0 Å². The smallest absolute Gasteiger partial charge is 0.343 e. The average Bonchev–Trinajstić information content (AvgIpc) is 3.43. The van der Waals surface area contributed by atoms with E-state index < -0.39 is 5.97 Å². The van der Waals surface area contributed by atoms with Crippen molar-refractivity contribution in [2.75, 3.05) is 25.0 Å². The van der Waals surface area contributed by atoms with E-state index in [-0.39, 0.29) is 18.1 Å². The number of benzene rings is 2. The van der Waals surface area contributed by atoms with Crippen LogP contribution in [0.15, 0.2) is 79.3 Å². The molecule has 0 spiro atoms. The van der Waals surface area contributed by atoms with E-state index in [1.807, 2.05) is 41.3 Å². The van der Waals surface area contributed by atoms with E-state index in [2.05, 4.69) is 44.6 Å². The first-order valence-electron chi connectivity index (χ1n) is 13.1. The summed E-state index contributed by atoms with van der Waals surface area (Å²) in [7, 11) is 0. The first kappa shape index (κ1) is 24.5. The van der Waals surface area contributed by atoms with Gasteiger partial charge in [-0.1, -0.05) is 36.4 Å². The van der Waals surface area contributed by atoms with Crippen LogP contribution in [-0.2, 0) is 4.74 Å². The number of piperidine rings is 1. The Morgan fingerprint density at radius 3 is 2.56 bits per heavy atom. The van der Waals surface area contributed by atoms with Crippen LogP contribution < -0.4 is 5.32 Å². The fourth-order valence-corrected chi connectivity index (χ4v) is 5.21. The molecule has 1 N–H and O–H groups in total. The van der Waals surface area contributed by atoms with Gasteiger partial charge in [0.25, 0.3) is 5.91 Å². The second-order valence-electron chi connectivity index (χ2n) is 9.51. The molecule has 0 unspecified atom stereocenters. The SMILES string of the molecule is CCOC(=O)c1cnn2c(Nc3cccc4ncccc34)c(C(=O)N3CCC(c4ccccc4)CC3)cnc12. The number of aromatic nitrogens is 4. The minimum atomic E-state index is -0.512. The number of rotatable bonds is 6. The first-order valence-corrected chi connectivity index (χ1v) is 13.1. The molecule has 1 aliphatic rings. The van der Waals surface area contributed by atoms with E-state index >= 15 is 0 Å². The molecule has 5 aromatic rings. The third kappa shape index (κ3) is 4.67. The third-order valence-electron chi connectivity index (χ3n) is 7.20. The van der Waals surface area contributed by atoms with Gasteiger partial charge >= 0.3 is 5.97 Å². The number of carbonyl (C=O) groups excluding carboxylic acids is 2. The number of hydrogen-bond acceptors (Lipinski definition) is 7. The molecule has 1 amide bonds. The van der Waals surface area contributed by atoms with E-state index in [1.165, 1.54) is 22.5 Å². The molecule has 4 heterocycles. The maximum atomic E-state index is 13.9. The molecule has 9 heteroatoms. The van der Waals surface area contributed by atoms with E-state index in [1.54, 1.807) is 13.1 Å². The summed E-state index contributed by atoms with van der Waals surface area (Å²) >= 11 is 0. The molecule has 1 aliphatic heterocycles. The lowest BCUT2D eigenvalue weighted by atomic mass is 9.89. The molecule has 1 saturated heterocycles. The predicted molar refractivity (Wildman–Crippen MR) is 148 cm³/mol. The largest absolute Gasteiger partial charge is 0.462 e. The van der Waals surface area contributed by atoms with Crippen molar-refractivity contribution in [2.45, 2.75) is 25.7 Å². The highest BCUT2D eigenvalue weighted by Gasteiger charge is 2.28. The van der Waals surface area contributed by atoms with Crippen LogP contribution in [0.25, 0.3) is 16.6 Å². The van der Waals surface area contributed by atoms with E-state index in [0.29, 0.717) is 36.0 Å². The predicted octanol–water partition coefficient (Wildman–Crippen LogP) is 5.22. The molecule has 6 rings (SSSR count). The normalized spacial score (nSPS) is 14.0. The summed E-state index contributed by atoms with van der Waals surface area (Å²) in [5.41, 5.74) is 3.81. The number of likely N-dealkylation sites (tertiary alicyclic amines) is 1. The second kappa shape index (κ2) is 10.5. The summed E-state index contributed by atoms with van der Waals surface area (Å²) in [6, 6.07) is 20.0. The van der Waals surface area contributed by atoms with Gasteiger partial charge in [0.2, 0.25) is 0 Å². The minimum Gasteiger partial charge on any atom is -0.462 e. The van der Waals surface area contributed by atoms with Crippen LogP contribution in [0, 0.1) is 0 Å². The number of anilines is 2. The molecule has 0 atom stereocenters. The van der Waals surface area contributed by atoms with Gasteiger partial charge in [0.1, 0.15) is 16.9 Å². The molecule has 1 fully saturated rings. The Hall–Kier alpha value is -4.79. The number of carbonyl (C=O) groups is 2. The maximum absolute atomic E-state index is 13.9. The number of fused-ring (bicyclic) bond motifs is 2. The van der Waals surface area contributed by atoms with Crippen molar-refractivity contribution in [3.8, 4) is 0 Å². The van der Waals surface area contributed by atoms with Crippen molar-refractivity contribution in [3.05, 3.63) is 95.9 Å². The molecule has 3 aromatic heterocycles. The van der Waals surface area contributed by atoms with Crippen LogP contribution in [-0.4, -0.2) is 56.1 Å². The highest BCUT2D eigenvalue weighted by atomic mass is 16.5. The summed E-state index contributed by atoms with van der Waals surface area (Å²) in [6.07, 6.45) is 6.46. The van der Waals surface area contributed by atoms with Crippen molar-refractivity contribution in [1.82, 2.24) is 24.5 Å². The Balaban J connectivity index is 1.37. The van der Waals surface area contributed by atoms with Gasteiger partial charge in [0, 0.05) is 36.6 Å². The Bertz CT molecular complexity index is 1650. The molecule has 39 heavy (non-hydrogen) atoms. The number of nitrogens with zero attached hydrogens (tertiary/aromatic N) is 5. The zero-order chi connectivity index (χ0) is 26.8. The molecule has 2 aromatic carbocycles. The number of amides is 1. The van der Waals surface area contributed by atoms with Crippen molar-refractivity contribution in [3.63, 3.8) is 0 Å². The summed E-state index contributed by atoms with van der Waals surface area (Å²) in [5, 5.41) is 8.75. The monoisotopic (exact) mass is 520 g/mol. The number of esters is 1. The Morgan fingerprint density at radius 2 is 1.77 bits per heavy atom. The van der Waals surface area contributed by atoms with Crippen LogP contribution in [0.3, 0.4) is 0 Å². The molecule has 0 saturated carbocycles. The van der Waals surface area contributed by atoms with Crippen LogP contribution in [0.2, 0.25) is 0 Å². The second-order valence-corrected chi connectivity index (χ2v) is 9.51. The molecule has 0 bridgehead atoms. The van der Waals surface area contributed by atoms with Gasteiger partial charge in [-0.15, -0.1) is 0 Å². The molecule has 9 nitrogen and oxygen atoms in total. The molecule has 196 valence electrons. The lowest BCUT2D eigenvalue weighted by molar-refractivity contribution is 0.0528. The summed E-state index contributed by atoms with van der Waals surface area (Å²) in [6.45, 7) is 3.26. The topological polar surface area (TPSA) is 102 Å². The number of pyridine rings is 1. The van der Waals surface area contributed by atoms with Crippen molar-refractivity contribution in [2.24, 2.45) is 0 Å². The van der Waals surface area contributed by atoms with Gasteiger partial charge < -0.3 is 15.0 Å². The van der Waals surface area contributed by atoms with Gasteiger partial charge in [0.05, 0.1) is 18.3 Å². The highest BCUT2D eigenvalue weighted by Crippen LogP contribution is 2.32. The van der Waals surface area contributed by atoms with Crippen molar-refractivity contribution in [1.29, 1.82) is 0 Å². The highest BCUT2D eigenvalue weighted by molar-refractivity contribution is 6.02. The number of hydrogen-bond donors (Lipinski definition) is 1. The zero-order valence-electron chi connectivity index (χ0n) is 21.6. The van der Waals surface area contributed by atoms with E-state index in [4.69, 9.17) is 4.74 Å². The van der Waals surface area contributed by atoms with E-state index in [9.17, 15) is 9.59 Å². The van der Waals surface area contributed by atoms with E-state index in [0.717, 1.165) is 29.4 Å². The Kier molecular flexibility index (Phi) is 6.62. The number of nitrogens with one attached hydrogen (secondary N) is 1. The fourth-order valence-electron chi connectivity index (χ4n) is 5.21. The summed E-state index contributed by atoms with van der Waals surface area (Å²) < 4.78 is 6.70. The fraction of sp³-hybridized carbons (Fsp3) is 0.233. The first-order chi connectivity index (χ1) is 19.1. The molecule has 0 radical (unpaired) electrons. The summed E-state index contributed by atoms with van der Waals surface area (Å²) in [4.78, 5) is 37.3. The molecular formula is C30H28N6O3. The van der Waals surface area contributed by atoms with Gasteiger partial charge in [0.15, 0.2) is 5.65 Å². The standard InChI is InChI=1S/C30H28N6O3/c1-2-39-30(38)24-19-33-36-27(24)32-18-23(28(36)34-26-12-6-11-25-22(26)10-7-15-31-25)29(37)35-16-13-21(14-17-35)20-8-4-3-5-9-20/h3-12,15,18-19,21,34H,2,13-14,16-17H2,1H3. The molecular weight excluding hydrogens is 492 g/mol. The van der Waals surface area contributed by atoms with Gasteiger partial charge in [-0.3, -0.25) is 9.78 Å². The summed E-state index contributed by atoms with van der Waals surface area (Å²) in [5.74, 6) is 0.212. The lowest BCUT2D eigenvalue weighted by Gasteiger charge is -2.32. The maximum Gasteiger partial charge on any atom is 0.343 e. The van der Waals surface area contributed by atoms with Gasteiger partial charge in [-0.2, -0.15) is 9.61 Å². The van der Waals surface area contributed by atoms with Crippen LogP contribution in [0.5, 0.6) is 0 Å². The van der Waals surface area contributed by atoms with Gasteiger partial charge in [-0.25, -0.2) is 9.78 Å². The Morgan fingerprint density at radius 1 is 0.949 bits per heavy atom. The van der Waals surface area contributed by atoms with Crippen molar-refractivity contribution >= 4 is 39.9 Å². The molecule has 0 aliphatic carbocycles. The zero-order valence-corrected chi connectivity index (χ0v) is 21.6. The Labute approximate surface area is 225 Å². The van der Waals surface area contributed by atoms with Crippen molar-refractivity contribution < 1.29 is 14.3 Å². The minimum absolute atomic E-state index is 0.134. The quantitative estimate of drug-likeness (QED) is 0.306.